The van der Waals surface area contributed by atoms with E-state index in [1.165, 1.54) is 6.20 Å². The summed E-state index contributed by atoms with van der Waals surface area (Å²) in [6.45, 7) is -0.260. The van der Waals surface area contributed by atoms with Gasteiger partial charge in [0.15, 0.2) is 8.68 Å². The fourth-order valence-corrected chi connectivity index (χ4v) is 2.97. The highest BCUT2D eigenvalue weighted by molar-refractivity contribution is 7.91. The number of sulfonamides is 1. The Labute approximate surface area is 84.4 Å². The first-order valence-corrected chi connectivity index (χ1v) is 5.96. The summed E-state index contributed by atoms with van der Waals surface area (Å²) in [5.74, 6) is 0. The molecule has 0 aliphatic heterocycles. The van der Waals surface area contributed by atoms with Gasteiger partial charge in [0.05, 0.1) is 12.8 Å². The Morgan fingerprint density at radius 3 is 2.85 bits per heavy atom. The highest BCUT2D eigenvalue weighted by Crippen LogP contribution is 2.21. The molecule has 0 saturated heterocycles. The third-order valence-corrected chi connectivity index (χ3v) is 4.16. The average molecular weight is 243 g/mol. The Morgan fingerprint density at radius 2 is 2.38 bits per heavy atom. The first-order chi connectivity index (χ1) is 6.06. The summed E-state index contributed by atoms with van der Waals surface area (Å²) in [6.07, 6.45) is 1.17. The van der Waals surface area contributed by atoms with Crippen LogP contribution in [0.25, 0.3) is 0 Å². The van der Waals surface area contributed by atoms with Crippen molar-refractivity contribution in [3.05, 3.63) is 10.7 Å². The quantitative estimate of drug-likeness (QED) is 0.783. The molecule has 1 aromatic rings. The number of aromatic nitrogens is 1. The van der Waals surface area contributed by atoms with Crippen LogP contribution in [0.4, 0.5) is 0 Å². The lowest BCUT2D eigenvalue weighted by Crippen LogP contribution is -2.25. The normalized spacial score (nSPS) is 11.8. The van der Waals surface area contributed by atoms with E-state index in [2.05, 4.69) is 9.71 Å². The molecule has 0 bridgehead atoms. The van der Waals surface area contributed by atoms with Crippen molar-refractivity contribution >= 4 is 33.0 Å². The van der Waals surface area contributed by atoms with Crippen LogP contribution in [0, 0.1) is 0 Å². The molecule has 1 rings (SSSR count). The highest BCUT2D eigenvalue weighted by atomic mass is 35.5. The minimum Gasteiger partial charge on any atom is -0.395 e. The second-order valence-electron chi connectivity index (χ2n) is 2.05. The van der Waals surface area contributed by atoms with Crippen LogP contribution in [0.2, 0.25) is 4.47 Å². The summed E-state index contributed by atoms with van der Waals surface area (Å²) in [7, 11) is -3.54. The van der Waals surface area contributed by atoms with Crippen LogP contribution in [0.1, 0.15) is 0 Å². The van der Waals surface area contributed by atoms with E-state index in [9.17, 15) is 8.42 Å². The first-order valence-electron chi connectivity index (χ1n) is 3.28. The first kappa shape index (κ1) is 10.9. The van der Waals surface area contributed by atoms with Gasteiger partial charge in [-0.15, -0.1) is 0 Å². The lowest BCUT2D eigenvalue weighted by atomic mass is 10.8. The fourth-order valence-electron chi connectivity index (χ4n) is 0.615. The minimum atomic E-state index is -3.54. The van der Waals surface area contributed by atoms with Crippen molar-refractivity contribution in [3.8, 4) is 0 Å². The van der Waals surface area contributed by atoms with Crippen molar-refractivity contribution in [2.75, 3.05) is 13.2 Å². The lowest BCUT2D eigenvalue weighted by Gasteiger charge is -2.00. The van der Waals surface area contributed by atoms with Gasteiger partial charge in [-0.05, 0) is 0 Å². The standard InChI is InChI=1S/C5H7ClN2O3S2/c6-5-7-3-4(12-5)13(10,11)8-1-2-9/h3,8-9H,1-2H2. The van der Waals surface area contributed by atoms with Crippen LogP contribution in [0.15, 0.2) is 10.4 Å². The number of halogens is 1. The number of hydrogen-bond acceptors (Lipinski definition) is 5. The van der Waals surface area contributed by atoms with Crippen molar-refractivity contribution < 1.29 is 13.5 Å². The average Bonchev–Trinajstić information content (AvgIpc) is 2.49. The molecule has 0 aliphatic carbocycles. The third-order valence-electron chi connectivity index (χ3n) is 1.13. The number of hydrogen-bond donors (Lipinski definition) is 2. The van der Waals surface area contributed by atoms with Gasteiger partial charge in [-0.2, -0.15) is 0 Å². The van der Waals surface area contributed by atoms with Crippen molar-refractivity contribution in [3.63, 3.8) is 0 Å². The van der Waals surface area contributed by atoms with E-state index in [0.717, 1.165) is 11.3 Å². The predicted molar refractivity (Wildman–Crippen MR) is 49.4 cm³/mol. The van der Waals surface area contributed by atoms with Crippen molar-refractivity contribution in [2.24, 2.45) is 0 Å². The highest BCUT2D eigenvalue weighted by Gasteiger charge is 2.16. The molecule has 0 aliphatic rings. The zero-order valence-corrected chi connectivity index (χ0v) is 8.79. The molecule has 0 radical (unpaired) electrons. The number of aliphatic hydroxyl groups is 1. The van der Waals surface area contributed by atoms with Gasteiger partial charge in [-0.1, -0.05) is 22.9 Å². The van der Waals surface area contributed by atoms with Crippen molar-refractivity contribution in [2.45, 2.75) is 4.21 Å². The predicted octanol–water partition coefficient (Wildman–Crippen LogP) is 0.0671. The second kappa shape index (κ2) is 4.34. The summed E-state index contributed by atoms with van der Waals surface area (Å²) in [4.78, 5) is 3.59. The Hall–Kier alpha value is -0.210. The number of rotatable bonds is 4. The zero-order chi connectivity index (χ0) is 9.90. The van der Waals surface area contributed by atoms with E-state index < -0.39 is 10.0 Å². The van der Waals surface area contributed by atoms with Gasteiger partial charge < -0.3 is 5.11 Å². The minimum absolute atomic E-state index is 0.0160. The van der Waals surface area contributed by atoms with Crippen molar-refractivity contribution in [1.82, 2.24) is 9.71 Å². The molecule has 8 heteroatoms. The van der Waals surface area contributed by atoms with Crippen LogP contribution < -0.4 is 4.72 Å². The van der Waals surface area contributed by atoms with Gasteiger partial charge in [0.1, 0.15) is 0 Å². The SMILES string of the molecule is O=S(=O)(NCCO)c1cnc(Cl)s1. The van der Waals surface area contributed by atoms with Gasteiger partial charge in [0, 0.05) is 6.54 Å². The topological polar surface area (TPSA) is 79.3 Å². The van der Waals surface area contributed by atoms with E-state index in [0.29, 0.717) is 0 Å². The molecule has 0 aromatic carbocycles. The molecule has 0 saturated carbocycles. The summed E-state index contributed by atoms with van der Waals surface area (Å²) >= 11 is 6.33. The number of aliphatic hydroxyl groups excluding tert-OH is 1. The Morgan fingerprint density at radius 1 is 1.69 bits per heavy atom. The van der Waals surface area contributed by atoms with E-state index in [4.69, 9.17) is 16.7 Å². The maximum atomic E-state index is 11.3. The molecule has 0 unspecified atom stereocenters. The molecule has 0 fully saturated rings. The molecule has 5 nitrogen and oxygen atoms in total. The van der Waals surface area contributed by atoms with Crippen molar-refractivity contribution in [1.29, 1.82) is 0 Å². The summed E-state index contributed by atoms with van der Waals surface area (Å²) in [5, 5.41) is 8.42. The van der Waals surface area contributed by atoms with Crippen LogP contribution in [-0.4, -0.2) is 31.7 Å². The van der Waals surface area contributed by atoms with E-state index in [-0.39, 0.29) is 21.8 Å². The number of thiazole rings is 1. The Balaban J connectivity index is 2.82. The van der Waals surface area contributed by atoms with Gasteiger partial charge in [0.2, 0.25) is 0 Å². The number of nitrogens with zero attached hydrogens (tertiary/aromatic N) is 1. The second-order valence-corrected chi connectivity index (χ2v) is 5.66. The summed E-state index contributed by atoms with van der Waals surface area (Å²) in [6, 6.07) is 0. The Kier molecular flexibility index (Phi) is 3.63. The fraction of sp³-hybridized carbons (Fsp3) is 0.400. The van der Waals surface area contributed by atoms with Gasteiger partial charge in [0.25, 0.3) is 10.0 Å². The molecular weight excluding hydrogens is 236 g/mol. The van der Waals surface area contributed by atoms with Gasteiger partial charge >= 0.3 is 0 Å². The van der Waals surface area contributed by atoms with E-state index >= 15 is 0 Å². The van der Waals surface area contributed by atoms with Gasteiger partial charge in [-0.3, -0.25) is 0 Å². The number of nitrogens with one attached hydrogen (secondary N) is 1. The Bertz CT molecular complexity index is 375. The lowest BCUT2D eigenvalue weighted by molar-refractivity contribution is 0.301. The summed E-state index contributed by atoms with van der Waals surface area (Å²) in [5.41, 5.74) is 0. The van der Waals surface area contributed by atoms with Crippen LogP contribution in [0.3, 0.4) is 0 Å². The molecule has 13 heavy (non-hydrogen) atoms. The summed E-state index contributed by atoms with van der Waals surface area (Å²) < 4.78 is 25.0. The maximum absolute atomic E-state index is 11.3. The molecule has 0 spiro atoms. The van der Waals surface area contributed by atoms with Crippen LogP contribution in [-0.2, 0) is 10.0 Å². The molecule has 2 N–H and O–H groups in total. The monoisotopic (exact) mass is 242 g/mol. The van der Waals surface area contributed by atoms with Crippen LogP contribution in [0.5, 0.6) is 0 Å². The third kappa shape index (κ3) is 2.89. The molecule has 74 valence electrons. The van der Waals surface area contributed by atoms with Gasteiger partial charge in [-0.25, -0.2) is 18.1 Å². The smallest absolute Gasteiger partial charge is 0.251 e. The van der Waals surface area contributed by atoms with E-state index in [1.807, 2.05) is 0 Å². The largest absolute Gasteiger partial charge is 0.395 e. The molecule has 0 amide bonds. The molecular formula is C5H7ClN2O3S2. The maximum Gasteiger partial charge on any atom is 0.251 e. The molecule has 1 aromatic heterocycles. The zero-order valence-electron chi connectivity index (χ0n) is 6.40. The van der Waals surface area contributed by atoms with E-state index in [1.54, 1.807) is 0 Å². The molecule has 0 atom stereocenters. The molecule has 1 heterocycles. The van der Waals surface area contributed by atoms with Crippen LogP contribution >= 0.6 is 22.9 Å².